The van der Waals surface area contributed by atoms with Crippen LogP contribution in [0.15, 0.2) is 23.8 Å². The van der Waals surface area contributed by atoms with Crippen molar-refractivity contribution in [3.05, 3.63) is 23.8 Å². The zero-order valence-corrected chi connectivity index (χ0v) is 14.7. The Balaban J connectivity index is 3.36. The molecule has 25 heavy (non-hydrogen) atoms. The second-order valence-corrected chi connectivity index (χ2v) is 8.72. The fourth-order valence-electron chi connectivity index (χ4n) is 2.25. The normalized spacial score (nSPS) is 22.7. The summed E-state index contributed by atoms with van der Waals surface area (Å²) >= 11 is 0. The van der Waals surface area contributed by atoms with E-state index in [1.165, 1.54) is 20.8 Å². The topological polar surface area (TPSA) is 46.2 Å². The third-order valence-electron chi connectivity index (χ3n) is 3.72. The van der Waals surface area contributed by atoms with E-state index >= 15 is 0 Å². The van der Waals surface area contributed by atoms with Gasteiger partial charge in [0.25, 0.3) is 0 Å². The number of carbonyl (C=O) groups excluding carboxylic acids is 1. The molecule has 0 fully saturated rings. The van der Waals surface area contributed by atoms with E-state index in [-0.39, 0.29) is 6.42 Å². The average molecular weight is 391 g/mol. The first-order valence-electron chi connectivity index (χ1n) is 7.32. The number of allylic oxidation sites excluding steroid dienone is 3. The van der Waals surface area contributed by atoms with Gasteiger partial charge in [0, 0.05) is 12.3 Å². The van der Waals surface area contributed by atoms with Gasteiger partial charge in [-0.05, 0) is 33.3 Å². The Morgan fingerprint density at radius 1 is 1.28 bits per heavy atom. The van der Waals surface area contributed by atoms with Gasteiger partial charge in [-0.15, -0.1) is 0 Å². The molecule has 0 saturated carbocycles. The highest BCUT2D eigenvalue weighted by atomic mass is 32.2. The second kappa shape index (κ2) is 7.61. The van der Waals surface area contributed by atoms with Gasteiger partial charge >= 0.3 is 6.18 Å². The monoisotopic (exact) mass is 391 g/mol. The lowest BCUT2D eigenvalue weighted by molar-refractivity contribution is -0.173. The predicted octanol–water partition coefficient (Wildman–Crippen LogP) is 3.99. The van der Waals surface area contributed by atoms with Gasteiger partial charge in [0.1, 0.15) is 12.5 Å². The minimum atomic E-state index is -5.28. The van der Waals surface area contributed by atoms with Gasteiger partial charge in [-0.2, -0.15) is 13.2 Å². The highest BCUT2D eigenvalue weighted by Gasteiger charge is 2.51. The SMILES string of the molecule is CC(C)(C)[S@@](=O)N[C@@](CF)(CC(=O)C(F)(F)F)C1CC=CC(F)=C1F. The summed E-state index contributed by atoms with van der Waals surface area (Å²) in [5.41, 5.74) is -2.49. The summed E-state index contributed by atoms with van der Waals surface area (Å²) in [6, 6.07) is 0. The number of rotatable bonds is 6. The van der Waals surface area contributed by atoms with Crippen molar-refractivity contribution in [2.75, 3.05) is 6.67 Å². The molecule has 0 bridgehead atoms. The summed E-state index contributed by atoms with van der Waals surface area (Å²) < 4.78 is 92.9. The van der Waals surface area contributed by atoms with Gasteiger partial charge < -0.3 is 0 Å². The minimum Gasteiger partial charge on any atom is -0.290 e. The van der Waals surface area contributed by atoms with Gasteiger partial charge in [-0.3, -0.25) is 4.79 Å². The first kappa shape index (κ1) is 21.9. The highest BCUT2D eigenvalue weighted by molar-refractivity contribution is 7.84. The van der Waals surface area contributed by atoms with Gasteiger partial charge in [-0.25, -0.2) is 22.1 Å². The van der Waals surface area contributed by atoms with E-state index in [4.69, 9.17) is 0 Å². The van der Waals surface area contributed by atoms with Crippen LogP contribution in [0.25, 0.3) is 0 Å². The molecule has 1 aliphatic carbocycles. The third-order valence-corrected chi connectivity index (χ3v) is 5.42. The fraction of sp³-hybridized carbons (Fsp3) is 0.667. The maximum absolute atomic E-state index is 14.2. The minimum absolute atomic E-state index is 0.345. The fourth-order valence-corrected chi connectivity index (χ4v) is 3.19. The van der Waals surface area contributed by atoms with Gasteiger partial charge in [0.2, 0.25) is 5.78 Å². The van der Waals surface area contributed by atoms with E-state index in [9.17, 15) is 35.3 Å². The van der Waals surface area contributed by atoms with Crippen molar-refractivity contribution in [2.24, 2.45) is 5.92 Å². The van der Waals surface area contributed by atoms with Crippen LogP contribution in [0.1, 0.15) is 33.6 Å². The Hall–Kier alpha value is -1.16. The zero-order valence-electron chi connectivity index (χ0n) is 13.8. The Morgan fingerprint density at radius 2 is 1.84 bits per heavy atom. The molecule has 3 nitrogen and oxygen atoms in total. The molecule has 0 saturated heterocycles. The molecule has 0 aromatic carbocycles. The van der Waals surface area contributed by atoms with E-state index in [0.29, 0.717) is 0 Å². The molecule has 0 aliphatic heterocycles. The van der Waals surface area contributed by atoms with Crippen LogP contribution in [0.2, 0.25) is 0 Å². The quantitative estimate of drug-likeness (QED) is 0.696. The molecule has 1 rings (SSSR count). The van der Waals surface area contributed by atoms with Crippen LogP contribution in [0, 0.1) is 5.92 Å². The van der Waals surface area contributed by atoms with Crippen molar-refractivity contribution < 1.29 is 35.3 Å². The van der Waals surface area contributed by atoms with Gasteiger partial charge in [0.05, 0.1) is 21.3 Å². The molecule has 1 unspecified atom stereocenters. The largest absolute Gasteiger partial charge is 0.450 e. The van der Waals surface area contributed by atoms with Gasteiger partial charge in [-0.1, -0.05) is 6.08 Å². The molecule has 1 aliphatic rings. The van der Waals surface area contributed by atoms with E-state index in [1.54, 1.807) is 0 Å². The molecule has 10 heteroatoms. The van der Waals surface area contributed by atoms with Crippen molar-refractivity contribution in [3.8, 4) is 0 Å². The molecule has 1 N–H and O–H groups in total. The molecular weight excluding hydrogens is 372 g/mol. The first-order chi connectivity index (χ1) is 11.2. The second-order valence-electron chi connectivity index (χ2n) is 6.76. The molecule has 0 heterocycles. The summed E-state index contributed by atoms with van der Waals surface area (Å²) in [7, 11) is -2.12. The molecule has 3 atom stereocenters. The van der Waals surface area contributed by atoms with Crippen molar-refractivity contribution >= 4 is 16.8 Å². The lowest BCUT2D eigenvalue weighted by Crippen LogP contribution is -2.59. The van der Waals surface area contributed by atoms with Crippen molar-refractivity contribution in [1.82, 2.24) is 4.72 Å². The number of hydrogen-bond acceptors (Lipinski definition) is 2. The van der Waals surface area contributed by atoms with Crippen molar-refractivity contribution in [2.45, 2.75) is 50.1 Å². The number of ketones is 1. The smallest absolute Gasteiger partial charge is 0.290 e. The zero-order chi connectivity index (χ0) is 19.6. The Kier molecular flexibility index (Phi) is 6.66. The van der Waals surface area contributed by atoms with E-state index in [2.05, 4.69) is 4.72 Å². The van der Waals surface area contributed by atoms with E-state index in [1.807, 2.05) is 0 Å². The lowest BCUT2D eigenvalue weighted by atomic mass is 9.77. The van der Waals surface area contributed by atoms with Crippen molar-refractivity contribution in [1.29, 1.82) is 0 Å². The number of alkyl halides is 4. The van der Waals surface area contributed by atoms with Crippen LogP contribution in [-0.2, 0) is 15.8 Å². The standard InChI is InChI=1S/C15H19F6NO2S/c1-13(2,3)25(24)22-14(8-16,7-11(23)15(19,20)21)9-5-4-6-10(17)12(9)18/h4,6,9,22H,5,7-8H2,1-3H3/t9?,14-,25-/m1/s1. The molecule has 0 radical (unpaired) electrons. The number of halogens is 6. The van der Waals surface area contributed by atoms with Crippen LogP contribution >= 0.6 is 0 Å². The number of carbonyl (C=O) groups is 1. The van der Waals surface area contributed by atoms with E-state index in [0.717, 1.165) is 12.2 Å². The molecule has 0 spiro atoms. The lowest BCUT2D eigenvalue weighted by Gasteiger charge is -2.40. The molecule has 0 aromatic heterocycles. The van der Waals surface area contributed by atoms with Crippen LogP contribution < -0.4 is 4.72 Å². The van der Waals surface area contributed by atoms with Crippen LogP contribution in [0.3, 0.4) is 0 Å². The van der Waals surface area contributed by atoms with Crippen LogP contribution in [0.5, 0.6) is 0 Å². The Morgan fingerprint density at radius 3 is 2.28 bits per heavy atom. The number of nitrogens with one attached hydrogen (secondary N) is 1. The predicted molar refractivity (Wildman–Crippen MR) is 81.9 cm³/mol. The number of Topliss-reactive ketones (excluding diaryl/α,β-unsaturated/α-hetero) is 1. The number of hydrogen-bond donors (Lipinski definition) is 1. The van der Waals surface area contributed by atoms with Gasteiger partial charge in [0.15, 0.2) is 5.83 Å². The summed E-state index contributed by atoms with van der Waals surface area (Å²) in [6.45, 7) is 2.73. The molecular formula is C15H19F6NO2S. The molecule has 144 valence electrons. The third kappa shape index (κ3) is 5.16. The van der Waals surface area contributed by atoms with Crippen molar-refractivity contribution in [3.63, 3.8) is 0 Å². The summed E-state index contributed by atoms with van der Waals surface area (Å²) in [4.78, 5) is 11.4. The van der Waals surface area contributed by atoms with Crippen LogP contribution in [0.4, 0.5) is 26.3 Å². The van der Waals surface area contributed by atoms with E-state index < -0.39 is 63.9 Å². The summed E-state index contributed by atoms with van der Waals surface area (Å²) in [5.74, 6) is -6.89. The average Bonchev–Trinajstić information content (AvgIpc) is 2.47. The maximum atomic E-state index is 14.2. The Labute approximate surface area is 144 Å². The summed E-state index contributed by atoms with van der Waals surface area (Å²) in [6.07, 6.45) is -5.25. The Bertz CT molecular complexity index is 578. The maximum Gasteiger partial charge on any atom is 0.450 e. The first-order valence-corrected chi connectivity index (χ1v) is 8.47. The molecule has 0 amide bonds. The molecule has 0 aromatic rings. The van der Waals surface area contributed by atoms with Crippen LogP contribution in [-0.4, -0.2) is 33.1 Å². The summed E-state index contributed by atoms with van der Waals surface area (Å²) in [5, 5.41) is 0. The highest BCUT2D eigenvalue weighted by Crippen LogP contribution is 2.40.